The fourth-order valence-corrected chi connectivity index (χ4v) is 6.10. The molecule has 1 amide bonds. The number of ether oxygens (including phenoxy) is 2. The summed E-state index contributed by atoms with van der Waals surface area (Å²) >= 11 is 0. The predicted octanol–water partition coefficient (Wildman–Crippen LogP) is 8.20. The van der Waals surface area contributed by atoms with Crippen molar-refractivity contribution in [3.63, 3.8) is 0 Å². The Morgan fingerprint density at radius 2 is 0.930 bits per heavy atom. The molecule has 8 nitrogen and oxygen atoms in total. The largest absolute Gasteiger partial charge is 0.481 e. The Hall–Kier alpha value is -2.12. The summed E-state index contributed by atoms with van der Waals surface area (Å²) in [6.07, 6.45) is 22.7. The molecule has 2 saturated carbocycles. The lowest BCUT2D eigenvalue weighted by Crippen LogP contribution is -2.41. The molecule has 2 aliphatic carbocycles. The van der Waals surface area contributed by atoms with Crippen LogP contribution in [0, 0.1) is 23.7 Å². The molecule has 252 valence electrons. The van der Waals surface area contributed by atoms with E-state index < -0.39 is 17.8 Å². The van der Waals surface area contributed by atoms with Crippen molar-refractivity contribution in [3.8, 4) is 0 Å². The molecule has 0 spiro atoms. The van der Waals surface area contributed by atoms with Crippen LogP contribution in [0.25, 0.3) is 0 Å². The average molecular weight is 612 g/mol. The molecular formula is C35H65NO7. The van der Waals surface area contributed by atoms with E-state index in [1.165, 1.54) is 84.8 Å². The standard InChI is InChI=1S/C17H31NO3.C9H14O4.C9H20/c1-4-5-6-7-10-13-18(2)16(19)14-11-8-9-12-15(14)17(20)21-3;1-13-9(12)7-5-3-2-4-6(7)8(10)11;1-3-5-7-9-8-6-4-2/h14-15H,4-13H2,1-3H3;6-7H,2-5H2,1H3,(H,10,11);3-9H2,1-2H3/t14-,15+;6-,7+;/m00./s1. The summed E-state index contributed by atoms with van der Waals surface area (Å²) in [6, 6.07) is 0. The van der Waals surface area contributed by atoms with E-state index in [0.717, 1.165) is 51.5 Å². The van der Waals surface area contributed by atoms with Crippen molar-refractivity contribution in [2.24, 2.45) is 23.7 Å². The maximum absolute atomic E-state index is 12.6. The molecule has 2 fully saturated rings. The summed E-state index contributed by atoms with van der Waals surface area (Å²) in [6.45, 7) is 7.53. The number of aliphatic carboxylic acids is 1. The number of hydrogen-bond acceptors (Lipinski definition) is 6. The highest BCUT2D eigenvalue weighted by Crippen LogP contribution is 2.32. The number of carbonyl (C=O) groups excluding carboxylic acids is 3. The van der Waals surface area contributed by atoms with E-state index in [2.05, 4.69) is 25.5 Å². The number of rotatable bonds is 16. The van der Waals surface area contributed by atoms with Crippen LogP contribution in [0.15, 0.2) is 0 Å². The van der Waals surface area contributed by atoms with E-state index in [0.29, 0.717) is 12.8 Å². The average Bonchev–Trinajstić information content (AvgIpc) is 3.04. The van der Waals surface area contributed by atoms with E-state index in [4.69, 9.17) is 9.84 Å². The molecule has 0 saturated heterocycles. The lowest BCUT2D eigenvalue weighted by atomic mass is 9.78. The molecule has 43 heavy (non-hydrogen) atoms. The van der Waals surface area contributed by atoms with E-state index in [9.17, 15) is 19.2 Å². The van der Waals surface area contributed by atoms with Gasteiger partial charge in [-0.05, 0) is 32.1 Å². The maximum atomic E-state index is 12.6. The molecule has 0 bridgehead atoms. The number of carboxylic acids is 1. The molecule has 0 unspecified atom stereocenters. The molecule has 0 aromatic carbocycles. The summed E-state index contributed by atoms with van der Waals surface area (Å²) in [4.78, 5) is 48.2. The van der Waals surface area contributed by atoms with Crippen LogP contribution in [0.4, 0.5) is 0 Å². The van der Waals surface area contributed by atoms with Crippen LogP contribution in [-0.2, 0) is 28.7 Å². The Kier molecular flexibility index (Phi) is 25.0. The molecule has 4 atom stereocenters. The first kappa shape index (κ1) is 40.9. The van der Waals surface area contributed by atoms with Crippen molar-refractivity contribution >= 4 is 23.8 Å². The molecule has 0 aromatic heterocycles. The summed E-state index contributed by atoms with van der Waals surface area (Å²) in [5.74, 6) is -2.74. The minimum atomic E-state index is -0.880. The van der Waals surface area contributed by atoms with Crippen LogP contribution in [-0.4, -0.2) is 61.6 Å². The van der Waals surface area contributed by atoms with E-state index >= 15 is 0 Å². The van der Waals surface area contributed by atoms with Gasteiger partial charge in [0.1, 0.15) is 0 Å². The van der Waals surface area contributed by atoms with Crippen molar-refractivity contribution in [1.29, 1.82) is 0 Å². The van der Waals surface area contributed by atoms with Gasteiger partial charge in [0.25, 0.3) is 0 Å². The lowest BCUT2D eigenvalue weighted by molar-refractivity contribution is -0.157. The first-order valence-electron chi connectivity index (χ1n) is 17.3. The quantitative estimate of drug-likeness (QED) is 0.138. The van der Waals surface area contributed by atoms with Crippen LogP contribution in [0.5, 0.6) is 0 Å². The Morgan fingerprint density at radius 3 is 1.33 bits per heavy atom. The lowest BCUT2D eigenvalue weighted by Gasteiger charge is -2.31. The van der Waals surface area contributed by atoms with Gasteiger partial charge in [0, 0.05) is 13.6 Å². The zero-order valence-corrected chi connectivity index (χ0v) is 28.5. The first-order chi connectivity index (χ1) is 20.7. The topological polar surface area (TPSA) is 110 Å². The fourth-order valence-electron chi connectivity index (χ4n) is 6.10. The first-order valence-corrected chi connectivity index (χ1v) is 17.3. The Bertz CT molecular complexity index is 750. The van der Waals surface area contributed by atoms with Gasteiger partial charge in [0.15, 0.2) is 0 Å². The Labute approximate surface area is 263 Å². The van der Waals surface area contributed by atoms with E-state index in [1.54, 1.807) is 0 Å². The fraction of sp³-hybridized carbons (Fsp3) is 0.886. The van der Waals surface area contributed by atoms with Gasteiger partial charge in [0.2, 0.25) is 5.91 Å². The Balaban J connectivity index is 0.000000682. The van der Waals surface area contributed by atoms with Gasteiger partial charge in [-0.25, -0.2) is 0 Å². The summed E-state index contributed by atoms with van der Waals surface area (Å²) < 4.78 is 9.43. The third kappa shape index (κ3) is 17.7. The molecule has 8 heteroatoms. The SMILES string of the molecule is CCCCCCCCC.CCCCCCCN(C)C(=O)[C@H]1CCCC[C@H]1C(=O)OC.COC(=O)[C@@H]1CCCC[C@@H]1C(=O)O. The maximum Gasteiger partial charge on any atom is 0.309 e. The van der Waals surface area contributed by atoms with E-state index in [-0.39, 0.29) is 29.7 Å². The second-order valence-electron chi connectivity index (χ2n) is 12.3. The van der Waals surface area contributed by atoms with Gasteiger partial charge in [-0.15, -0.1) is 0 Å². The van der Waals surface area contributed by atoms with Gasteiger partial charge < -0.3 is 19.5 Å². The molecular weight excluding hydrogens is 546 g/mol. The van der Waals surface area contributed by atoms with Crippen LogP contribution in [0.1, 0.15) is 149 Å². The number of amides is 1. The third-order valence-electron chi connectivity index (χ3n) is 8.85. The van der Waals surface area contributed by atoms with Crippen LogP contribution in [0.2, 0.25) is 0 Å². The third-order valence-corrected chi connectivity index (χ3v) is 8.85. The summed E-state index contributed by atoms with van der Waals surface area (Å²) in [5, 5.41) is 8.85. The molecule has 2 aliphatic rings. The number of nitrogens with zero attached hydrogens (tertiary/aromatic N) is 1. The van der Waals surface area contributed by atoms with Gasteiger partial charge in [-0.3, -0.25) is 19.2 Å². The zero-order valence-electron chi connectivity index (χ0n) is 28.5. The number of hydrogen-bond donors (Lipinski definition) is 1. The van der Waals surface area contributed by atoms with Crippen LogP contribution < -0.4 is 0 Å². The summed E-state index contributed by atoms with van der Waals surface area (Å²) in [5.41, 5.74) is 0. The second kappa shape index (κ2) is 26.3. The number of unbranched alkanes of at least 4 members (excludes halogenated alkanes) is 10. The minimum Gasteiger partial charge on any atom is -0.481 e. The molecule has 0 heterocycles. The zero-order chi connectivity index (χ0) is 32.5. The second-order valence-corrected chi connectivity index (χ2v) is 12.3. The van der Waals surface area contributed by atoms with Crippen molar-refractivity contribution in [2.75, 3.05) is 27.8 Å². The number of carboxylic acid groups (broad SMARTS) is 1. The van der Waals surface area contributed by atoms with Crippen molar-refractivity contribution in [1.82, 2.24) is 4.90 Å². The number of carbonyl (C=O) groups is 4. The monoisotopic (exact) mass is 611 g/mol. The highest BCUT2D eigenvalue weighted by Gasteiger charge is 2.38. The Morgan fingerprint density at radius 1 is 0.581 bits per heavy atom. The van der Waals surface area contributed by atoms with Crippen LogP contribution in [0.3, 0.4) is 0 Å². The molecule has 1 N–H and O–H groups in total. The van der Waals surface area contributed by atoms with Crippen LogP contribution >= 0.6 is 0 Å². The van der Waals surface area contributed by atoms with Gasteiger partial charge in [-0.2, -0.15) is 0 Å². The normalized spacial score (nSPS) is 21.3. The van der Waals surface area contributed by atoms with Gasteiger partial charge in [-0.1, -0.05) is 117 Å². The van der Waals surface area contributed by atoms with Gasteiger partial charge >= 0.3 is 17.9 Å². The molecule has 0 aliphatic heterocycles. The molecule has 0 radical (unpaired) electrons. The summed E-state index contributed by atoms with van der Waals surface area (Å²) in [7, 11) is 4.58. The van der Waals surface area contributed by atoms with E-state index in [1.807, 2.05) is 11.9 Å². The number of esters is 2. The smallest absolute Gasteiger partial charge is 0.309 e. The minimum absolute atomic E-state index is 0.126. The number of methoxy groups -OCH3 is 2. The molecule has 2 rings (SSSR count). The predicted molar refractivity (Wildman–Crippen MR) is 173 cm³/mol. The van der Waals surface area contributed by atoms with Gasteiger partial charge in [0.05, 0.1) is 37.9 Å². The highest BCUT2D eigenvalue weighted by atomic mass is 16.5. The van der Waals surface area contributed by atoms with Crippen molar-refractivity contribution in [3.05, 3.63) is 0 Å². The molecule has 0 aromatic rings. The van der Waals surface area contributed by atoms with Crippen molar-refractivity contribution in [2.45, 2.75) is 149 Å². The highest BCUT2D eigenvalue weighted by molar-refractivity contribution is 5.85. The van der Waals surface area contributed by atoms with Crippen molar-refractivity contribution < 1.29 is 33.8 Å².